The van der Waals surface area contributed by atoms with E-state index in [1.807, 2.05) is 56.3 Å². The first-order chi connectivity index (χ1) is 14.5. The molecular weight excluding hydrogens is 420 g/mol. The normalized spacial score (nSPS) is 10.9. The van der Waals surface area contributed by atoms with Gasteiger partial charge in [-0.15, -0.1) is 10.2 Å². The summed E-state index contributed by atoms with van der Waals surface area (Å²) in [6.07, 6.45) is 0.707. The molecule has 0 atom stereocenters. The van der Waals surface area contributed by atoms with Gasteiger partial charge < -0.3 is 14.6 Å². The van der Waals surface area contributed by atoms with E-state index in [0.717, 1.165) is 17.9 Å². The van der Waals surface area contributed by atoms with Crippen LogP contribution in [-0.2, 0) is 29.0 Å². The van der Waals surface area contributed by atoms with Crippen LogP contribution in [0.5, 0.6) is 0 Å². The third-order valence-electron chi connectivity index (χ3n) is 4.22. The molecule has 30 heavy (non-hydrogen) atoms. The van der Waals surface area contributed by atoms with Gasteiger partial charge in [0.1, 0.15) is 0 Å². The van der Waals surface area contributed by atoms with Crippen LogP contribution in [-0.4, -0.2) is 32.6 Å². The van der Waals surface area contributed by atoms with Crippen molar-refractivity contribution in [2.75, 3.05) is 11.1 Å². The van der Waals surface area contributed by atoms with Gasteiger partial charge in [-0.2, -0.15) is 0 Å². The molecule has 8 heteroatoms. The topological polar surface area (TPSA) is 69.0 Å². The van der Waals surface area contributed by atoms with Crippen molar-refractivity contribution in [3.8, 4) is 0 Å². The van der Waals surface area contributed by atoms with Gasteiger partial charge in [-0.25, -0.2) is 0 Å². The average molecular weight is 445 g/mol. The maximum atomic E-state index is 11.9. The molecule has 6 nitrogen and oxygen atoms in total. The Labute approximate surface area is 186 Å². The predicted octanol–water partition coefficient (Wildman–Crippen LogP) is 4.83. The molecule has 0 saturated heterocycles. The maximum absolute atomic E-state index is 11.9. The van der Waals surface area contributed by atoms with Crippen molar-refractivity contribution in [3.63, 3.8) is 0 Å². The molecule has 3 rings (SSSR count). The lowest BCUT2D eigenvalue weighted by Gasteiger charge is -2.12. The summed E-state index contributed by atoms with van der Waals surface area (Å²) in [6, 6.07) is 17.8. The lowest BCUT2D eigenvalue weighted by atomic mass is 10.1. The van der Waals surface area contributed by atoms with Gasteiger partial charge in [0.05, 0.1) is 18.4 Å². The summed E-state index contributed by atoms with van der Waals surface area (Å²) in [5.41, 5.74) is 2.14. The van der Waals surface area contributed by atoms with E-state index in [9.17, 15) is 4.79 Å². The summed E-state index contributed by atoms with van der Waals surface area (Å²) in [5.74, 6) is 0.737. The first-order valence-corrected chi connectivity index (χ1v) is 11.2. The van der Waals surface area contributed by atoms with Crippen LogP contribution in [0.4, 0.5) is 5.69 Å². The molecule has 0 amide bonds. The molecule has 0 fully saturated rings. The minimum Gasteiger partial charge on any atom is -0.462 e. The number of esters is 1. The van der Waals surface area contributed by atoms with E-state index < -0.39 is 0 Å². The summed E-state index contributed by atoms with van der Waals surface area (Å²) in [6.45, 7) is 4.89. The first kappa shape index (κ1) is 22.2. The highest BCUT2D eigenvalue weighted by atomic mass is 35.5. The van der Waals surface area contributed by atoms with Gasteiger partial charge in [0.25, 0.3) is 0 Å². The van der Waals surface area contributed by atoms with Crippen LogP contribution in [0.3, 0.4) is 0 Å². The number of halogens is 1. The zero-order valence-electron chi connectivity index (χ0n) is 17.0. The highest BCUT2D eigenvalue weighted by molar-refractivity contribution is 7.99. The number of ether oxygens (including phenoxy) is 1. The largest absolute Gasteiger partial charge is 0.462 e. The number of aromatic nitrogens is 3. The Bertz CT molecular complexity index is 963. The number of thioether (sulfide) groups is 1. The van der Waals surface area contributed by atoms with E-state index in [4.69, 9.17) is 16.3 Å². The highest BCUT2D eigenvalue weighted by Crippen LogP contribution is 2.20. The number of aryl methyl sites for hydroxylation is 1. The van der Waals surface area contributed by atoms with Crippen molar-refractivity contribution in [1.82, 2.24) is 14.8 Å². The van der Waals surface area contributed by atoms with Crippen LogP contribution in [0.2, 0.25) is 5.02 Å². The van der Waals surface area contributed by atoms with Gasteiger partial charge in [-0.1, -0.05) is 59.8 Å². The second-order valence-corrected chi connectivity index (χ2v) is 8.36. The van der Waals surface area contributed by atoms with Crippen molar-refractivity contribution >= 4 is 35.0 Å². The fourth-order valence-electron chi connectivity index (χ4n) is 2.87. The molecule has 0 radical (unpaired) electrons. The fourth-order valence-corrected chi connectivity index (χ4v) is 3.82. The molecule has 0 saturated carbocycles. The zero-order chi connectivity index (χ0) is 21.3. The van der Waals surface area contributed by atoms with Gasteiger partial charge in [0.15, 0.2) is 11.0 Å². The number of anilines is 1. The van der Waals surface area contributed by atoms with E-state index in [1.54, 1.807) is 0 Å². The Kier molecular flexibility index (Phi) is 8.16. The number of hydrogen-bond donors (Lipinski definition) is 1. The molecule has 3 aromatic rings. The molecule has 158 valence electrons. The number of rotatable bonds is 10. The summed E-state index contributed by atoms with van der Waals surface area (Å²) < 4.78 is 7.28. The molecule has 0 aliphatic rings. The molecular formula is C22H25ClN4O2S. The number of hydrogen-bond acceptors (Lipinski definition) is 6. The summed E-state index contributed by atoms with van der Waals surface area (Å²) in [4.78, 5) is 11.9. The van der Waals surface area contributed by atoms with Crippen molar-refractivity contribution in [3.05, 3.63) is 71.0 Å². The molecule has 2 aromatic carbocycles. The number of nitrogens with zero attached hydrogens (tertiary/aromatic N) is 3. The molecule has 0 bridgehead atoms. The Morgan fingerprint density at radius 3 is 2.70 bits per heavy atom. The average Bonchev–Trinajstić information content (AvgIpc) is 3.11. The molecule has 1 aromatic heterocycles. The van der Waals surface area contributed by atoms with Gasteiger partial charge >= 0.3 is 5.97 Å². The van der Waals surface area contributed by atoms with E-state index in [0.29, 0.717) is 23.3 Å². The maximum Gasteiger partial charge on any atom is 0.316 e. The second-order valence-electron chi connectivity index (χ2n) is 6.98. The van der Waals surface area contributed by atoms with Gasteiger partial charge in [0.2, 0.25) is 0 Å². The number of nitrogens with one attached hydrogen (secondary N) is 1. The SMILES string of the molecule is CC(C)OC(=O)CSc1nnc(CNc2cccc(Cl)c2)n1CCc1ccccc1. The van der Waals surface area contributed by atoms with Crippen molar-refractivity contribution in [2.24, 2.45) is 0 Å². The molecule has 0 unspecified atom stereocenters. The van der Waals surface area contributed by atoms with Crippen LogP contribution in [0.1, 0.15) is 25.2 Å². The van der Waals surface area contributed by atoms with Gasteiger partial charge in [0, 0.05) is 17.3 Å². The third kappa shape index (κ3) is 6.78. The molecule has 1 N–H and O–H groups in total. The van der Waals surface area contributed by atoms with E-state index in [-0.39, 0.29) is 17.8 Å². The molecule has 0 spiro atoms. The van der Waals surface area contributed by atoms with Gasteiger partial charge in [-0.05, 0) is 44.0 Å². The van der Waals surface area contributed by atoms with Crippen LogP contribution in [0.25, 0.3) is 0 Å². The first-order valence-electron chi connectivity index (χ1n) is 9.79. The summed E-state index contributed by atoms with van der Waals surface area (Å²) >= 11 is 7.41. The Morgan fingerprint density at radius 1 is 1.17 bits per heavy atom. The molecule has 0 aliphatic carbocycles. The number of carbonyl (C=O) groups is 1. The quantitative estimate of drug-likeness (QED) is 0.357. The number of carbonyl (C=O) groups excluding carboxylic acids is 1. The minimum absolute atomic E-state index is 0.133. The standard InChI is InChI=1S/C22H25ClN4O2S/c1-16(2)29-21(28)15-30-22-26-25-20(14-24-19-10-6-9-18(23)13-19)27(22)12-11-17-7-4-3-5-8-17/h3-10,13,16,24H,11-12,14-15H2,1-2H3. The van der Waals surface area contributed by atoms with E-state index >= 15 is 0 Å². The molecule has 1 heterocycles. The van der Waals surface area contributed by atoms with Crippen molar-refractivity contribution < 1.29 is 9.53 Å². The Morgan fingerprint density at radius 2 is 1.97 bits per heavy atom. The van der Waals surface area contributed by atoms with Crippen LogP contribution in [0.15, 0.2) is 59.8 Å². The Hall–Kier alpha value is -2.51. The van der Waals surface area contributed by atoms with E-state index in [2.05, 4.69) is 32.2 Å². The third-order valence-corrected chi connectivity index (χ3v) is 5.40. The van der Waals surface area contributed by atoms with Crippen molar-refractivity contribution in [1.29, 1.82) is 0 Å². The minimum atomic E-state index is -0.258. The lowest BCUT2D eigenvalue weighted by Crippen LogP contribution is -2.15. The second kappa shape index (κ2) is 11.0. The summed E-state index contributed by atoms with van der Waals surface area (Å²) in [5, 5.41) is 13.4. The summed E-state index contributed by atoms with van der Waals surface area (Å²) in [7, 11) is 0. The van der Waals surface area contributed by atoms with Crippen LogP contribution >= 0.6 is 23.4 Å². The predicted molar refractivity (Wildman–Crippen MR) is 121 cm³/mol. The fraction of sp³-hybridized carbons (Fsp3) is 0.318. The number of benzene rings is 2. The highest BCUT2D eigenvalue weighted by Gasteiger charge is 2.15. The smallest absolute Gasteiger partial charge is 0.316 e. The zero-order valence-corrected chi connectivity index (χ0v) is 18.6. The monoisotopic (exact) mass is 444 g/mol. The van der Waals surface area contributed by atoms with Crippen LogP contribution < -0.4 is 5.32 Å². The Balaban J connectivity index is 1.71. The molecule has 0 aliphatic heterocycles. The van der Waals surface area contributed by atoms with Crippen LogP contribution in [0, 0.1) is 0 Å². The lowest BCUT2D eigenvalue weighted by molar-refractivity contribution is -0.144. The van der Waals surface area contributed by atoms with Crippen molar-refractivity contribution in [2.45, 2.75) is 44.6 Å². The van der Waals surface area contributed by atoms with E-state index in [1.165, 1.54) is 17.3 Å². The van der Waals surface area contributed by atoms with Gasteiger partial charge in [-0.3, -0.25) is 4.79 Å².